The van der Waals surface area contributed by atoms with Gasteiger partial charge in [0.05, 0.1) is 12.6 Å². The standard InChI is InChI=1S/C6H15NO3/c1-2-5(3-8)6(4-9)7-10/h5-10H,2-4H2,1H3. The Hall–Kier alpha value is -0.160. The third kappa shape index (κ3) is 2.62. The first-order valence-corrected chi connectivity index (χ1v) is 3.41. The van der Waals surface area contributed by atoms with Crippen molar-refractivity contribution in [3.63, 3.8) is 0 Å². The largest absolute Gasteiger partial charge is 0.396 e. The Morgan fingerprint density at radius 3 is 2.00 bits per heavy atom. The monoisotopic (exact) mass is 149 g/mol. The predicted octanol–water partition coefficient (Wildman–Crippen LogP) is -0.655. The summed E-state index contributed by atoms with van der Waals surface area (Å²) in [5.74, 6) is -0.0741. The molecule has 0 aromatic rings. The summed E-state index contributed by atoms with van der Waals surface area (Å²) in [7, 11) is 0. The Morgan fingerprint density at radius 1 is 1.30 bits per heavy atom. The quantitative estimate of drug-likeness (QED) is 0.392. The van der Waals surface area contributed by atoms with E-state index in [1.807, 2.05) is 12.4 Å². The highest BCUT2D eigenvalue weighted by molar-refractivity contribution is 4.69. The van der Waals surface area contributed by atoms with E-state index in [0.29, 0.717) is 0 Å². The van der Waals surface area contributed by atoms with Gasteiger partial charge in [-0.3, -0.25) is 0 Å². The molecule has 0 amide bonds. The molecule has 4 nitrogen and oxygen atoms in total. The zero-order chi connectivity index (χ0) is 7.98. The fraction of sp³-hybridized carbons (Fsp3) is 1.00. The zero-order valence-electron chi connectivity index (χ0n) is 6.12. The van der Waals surface area contributed by atoms with E-state index in [0.717, 1.165) is 6.42 Å². The number of hydroxylamine groups is 1. The van der Waals surface area contributed by atoms with Crippen LogP contribution in [0.4, 0.5) is 0 Å². The van der Waals surface area contributed by atoms with Crippen molar-refractivity contribution in [2.75, 3.05) is 13.2 Å². The molecule has 2 atom stereocenters. The van der Waals surface area contributed by atoms with Crippen LogP contribution in [0, 0.1) is 5.92 Å². The van der Waals surface area contributed by atoms with Gasteiger partial charge in [0.25, 0.3) is 0 Å². The third-order valence-corrected chi connectivity index (χ3v) is 1.69. The van der Waals surface area contributed by atoms with Crippen LogP contribution in [0.25, 0.3) is 0 Å². The van der Waals surface area contributed by atoms with Crippen LogP contribution in [-0.2, 0) is 0 Å². The van der Waals surface area contributed by atoms with Crippen molar-refractivity contribution in [1.82, 2.24) is 5.48 Å². The molecule has 0 fully saturated rings. The van der Waals surface area contributed by atoms with Crippen molar-refractivity contribution >= 4 is 0 Å². The van der Waals surface area contributed by atoms with E-state index in [1.165, 1.54) is 0 Å². The Kier molecular flexibility index (Phi) is 5.52. The lowest BCUT2D eigenvalue weighted by molar-refractivity contribution is 0.0411. The highest BCUT2D eigenvalue weighted by Gasteiger charge is 2.16. The van der Waals surface area contributed by atoms with Crippen molar-refractivity contribution < 1.29 is 15.4 Å². The smallest absolute Gasteiger partial charge is 0.0611 e. The van der Waals surface area contributed by atoms with Crippen molar-refractivity contribution in [2.24, 2.45) is 5.92 Å². The van der Waals surface area contributed by atoms with Gasteiger partial charge in [-0.05, 0) is 6.42 Å². The van der Waals surface area contributed by atoms with Crippen LogP contribution >= 0.6 is 0 Å². The fourth-order valence-corrected chi connectivity index (χ4v) is 0.836. The third-order valence-electron chi connectivity index (χ3n) is 1.69. The molecule has 0 saturated heterocycles. The van der Waals surface area contributed by atoms with Gasteiger partial charge in [0.15, 0.2) is 0 Å². The first-order valence-electron chi connectivity index (χ1n) is 3.41. The number of hydrogen-bond donors (Lipinski definition) is 4. The van der Waals surface area contributed by atoms with Crippen LogP contribution in [0.2, 0.25) is 0 Å². The second kappa shape index (κ2) is 5.61. The van der Waals surface area contributed by atoms with Gasteiger partial charge in [-0.2, -0.15) is 5.48 Å². The summed E-state index contributed by atoms with van der Waals surface area (Å²) in [4.78, 5) is 0. The second-order valence-electron chi connectivity index (χ2n) is 2.27. The second-order valence-corrected chi connectivity index (χ2v) is 2.27. The molecule has 4 heteroatoms. The van der Waals surface area contributed by atoms with Gasteiger partial charge >= 0.3 is 0 Å². The molecular formula is C6H15NO3. The molecule has 62 valence electrons. The van der Waals surface area contributed by atoms with Gasteiger partial charge < -0.3 is 15.4 Å². The minimum absolute atomic E-state index is 0.0186. The fourth-order valence-electron chi connectivity index (χ4n) is 0.836. The summed E-state index contributed by atoms with van der Waals surface area (Å²) in [5.41, 5.74) is 1.94. The number of nitrogens with one attached hydrogen (secondary N) is 1. The number of aliphatic hydroxyl groups excluding tert-OH is 2. The van der Waals surface area contributed by atoms with E-state index >= 15 is 0 Å². The first kappa shape index (κ1) is 9.84. The van der Waals surface area contributed by atoms with Crippen LogP contribution in [-0.4, -0.2) is 34.7 Å². The summed E-state index contributed by atoms with van der Waals surface area (Å²) in [6.07, 6.45) is 0.731. The lowest BCUT2D eigenvalue weighted by Gasteiger charge is -2.20. The Morgan fingerprint density at radius 2 is 1.90 bits per heavy atom. The van der Waals surface area contributed by atoms with Crippen LogP contribution < -0.4 is 5.48 Å². The zero-order valence-corrected chi connectivity index (χ0v) is 6.12. The Bertz CT molecular complexity index is 61.4. The molecule has 10 heavy (non-hydrogen) atoms. The van der Waals surface area contributed by atoms with E-state index in [-0.39, 0.29) is 19.1 Å². The van der Waals surface area contributed by atoms with E-state index in [9.17, 15) is 0 Å². The predicted molar refractivity (Wildman–Crippen MR) is 36.7 cm³/mol. The topological polar surface area (TPSA) is 72.7 Å². The average molecular weight is 149 g/mol. The summed E-state index contributed by atoms with van der Waals surface area (Å²) >= 11 is 0. The van der Waals surface area contributed by atoms with E-state index in [2.05, 4.69) is 0 Å². The molecule has 2 unspecified atom stereocenters. The van der Waals surface area contributed by atoms with Gasteiger partial charge in [0.2, 0.25) is 0 Å². The van der Waals surface area contributed by atoms with Crippen molar-refractivity contribution in [2.45, 2.75) is 19.4 Å². The van der Waals surface area contributed by atoms with Gasteiger partial charge in [-0.1, -0.05) is 6.92 Å². The molecule has 4 N–H and O–H groups in total. The number of aliphatic hydroxyl groups is 2. The van der Waals surface area contributed by atoms with Crippen LogP contribution in [0.15, 0.2) is 0 Å². The molecule has 0 aliphatic rings. The summed E-state index contributed by atoms with van der Waals surface area (Å²) < 4.78 is 0. The summed E-state index contributed by atoms with van der Waals surface area (Å²) in [6.45, 7) is 1.71. The van der Waals surface area contributed by atoms with Crippen LogP contribution in [0.5, 0.6) is 0 Å². The lowest BCUT2D eigenvalue weighted by atomic mass is 9.99. The van der Waals surface area contributed by atoms with Gasteiger partial charge in [0, 0.05) is 12.5 Å². The lowest BCUT2D eigenvalue weighted by Crippen LogP contribution is -2.38. The number of hydrogen-bond acceptors (Lipinski definition) is 4. The molecule has 0 aliphatic heterocycles. The van der Waals surface area contributed by atoms with Gasteiger partial charge in [-0.15, -0.1) is 0 Å². The summed E-state index contributed by atoms with van der Waals surface area (Å²) in [6, 6.07) is -0.407. The molecule has 0 aromatic heterocycles. The maximum Gasteiger partial charge on any atom is 0.0611 e. The van der Waals surface area contributed by atoms with E-state index < -0.39 is 6.04 Å². The molecule has 0 spiro atoms. The molecule has 0 saturated carbocycles. The Balaban J connectivity index is 3.70. The van der Waals surface area contributed by atoms with E-state index in [1.54, 1.807) is 0 Å². The minimum Gasteiger partial charge on any atom is -0.396 e. The molecule has 0 radical (unpaired) electrons. The first-order chi connectivity index (χ1) is 4.79. The van der Waals surface area contributed by atoms with Gasteiger partial charge in [-0.25, -0.2) is 0 Å². The van der Waals surface area contributed by atoms with Crippen LogP contribution in [0.1, 0.15) is 13.3 Å². The molecule has 0 aliphatic carbocycles. The van der Waals surface area contributed by atoms with Crippen molar-refractivity contribution in [3.8, 4) is 0 Å². The SMILES string of the molecule is CCC(CO)C(CO)NO. The molecule has 0 heterocycles. The molecule has 0 rings (SSSR count). The normalized spacial score (nSPS) is 16.8. The Labute approximate surface area is 60.5 Å². The van der Waals surface area contributed by atoms with Crippen molar-refractivity contribution in [3.05, 3.63) is 0 Å². The average Bonchev–Trinajstić information content (AvgIpc) is 2.00. The van der Waals surface area contributed by atoms with Crippen LogP contribution in [0.3, 0.4) is 0 Å². The molecule has 0 aromatic carbocycles. The van der Waals surface area contributed by atoms with E-state index in [4.69, 9.17) is 15.4 Å². The van der Waals surface area contributed by atoms with Crippen molar-refractivity contribution in [1.29, 1.82) is 0 Å². The molecule has 0 bridgehead atoms. The maximum absolute atomic E-state index is 8.70. The van der Waals surface area contributed by atoms with Gasteiger partial charge in [0.1, 0.15) is 0 Å². The number of rotatable bonds is 5. The maximum atomic E-state index is 8.70. The highest BCUT2D eigenvalue weighted by Crippen LogP contribution is 2.06. The highest BCUT2D eigenvalue weighted by atomic mass is 16.5. The minimum atomic E-state index is -0.407. The summed E-state index contributed by atoms with van der Waals surface area (Å²) in [5, 5.41) is 25.8. The molecular weight excluding hydrogens is 134 g/mol.